The molecule has 0 spiro atoms. The number of hydrogen-bond donors (Lipinski definition) is 2. The largest absolute Gasteiger partial charge is 0.481 e. The van der Waals surface area contributed by atoms with Gasteiger partial charge in [-0.05, 0) is 46.7 Å². The van der Waals surface area contributed by atoms with Crippen LogP contribution in [-0.2, 0) is 9.53 Å². The van der Waals surface area contributed by atoms with Crippen molar-refractivity contribution < 1.29 is 24.2 Å². The van der Waals surface area contributed by atoms with Crippen LogP contribution in [0.5, 0.6) is 0 Å². The van der Waals surface area contributed by atoms with Gasteiger partial charge in [-0.3, -0.25) is 14.9 Å². The summed E-state index contributed by atoms with van der Waals surface area (Å²) in [6.45, 7) is 0.792. The Balaban J connectivity index is 1.15. The van der Waals surface area contributed by atoms with Crippen LogP contribution in [0.3, 0.4) is 0 Å². The molecule has 3 aliphatic rings. The van der Waals surface area contributed by atoms with E-state index < -0.39 is 17.5 Å². The molecule has 0 radical (unpaired) electrons. The maximum Gasteiger partial charge on any atom is 0.411 e. The van der Waals surface area contributed by atoms with Crippen LogP contribution in [-0.4, -0.2) is 47.7 Å². The molecule has 1 aliphatic heterocycles. The molecule has 0 aromatic heterocycles. The van der Waals surface area contributed by atoms with Crippen molar-refractivity contribution in [2.75, 3.05) is 25.0 Å². The average Bonchev–Trinajstić information content (AvgIpc) is 3.30. The van der Waals surface area contributed by atoms with Crippen molar-refractivity contribution >= 4 is 23.7 Å². The minimum absolute atomic E-state index is 0.00574. The van der Waals surface area contributed by atoms with Gasteiger partial charge in [0.2, 0.25) is 0 Å². The van der Waals surface area contributed by atoms with Crippen molar-refractivity contribution in [1.82, 2.24) is 4.90 Å². The van der Waals surface area contributed by atoms with Gasteiger partial charge >= 0.3 is 12.1 Å². The minimum atomic E-state index is -0.845. The second-order valence-electron chi connectivity index (χ2n) is 9.54. The van der Waals surface area contributed by atoms with Gasteiger partial charge in [0.25, 0.3) is 5.91 Å². The molecule has 2 fully saturated rings. The minimum Gasteiger partial charge on any atom is -0.481 e. The summed E-state index contributed by atoms with van der Waals surface area (Å²) >= 11 is 0. The van der Waals surface area contributed by atoms with E-state index >= 15 is 0 Å². The number of rotatable bonds is 5. The number of carboxylic acids is 1. The van der Waals surface area contributed by atoms with Crippen LogP contribution in [0.15, 0.2) is 72.8 Å². The molecular formula is C28H24N2O5. The number of anilines is 1. The Morgan fingerprint density at radius 3 is 2.23 bits per heavy atom. The van der Waals surface area contributed by atoms with Crippen molar-refractivity contribution in [2.24, 2.45) is 11.3 Å². The molecule has 6 rings (SSSR count). The number of para-hydroxylation sites is 1. The van der Waals surface area contributed by atoms with Gasteiger partial charge in [0.1, 0.15) is 6.61 Å². The lowest BCUT2D eigenvalue weighted by atomic mass is 9.98. The highest BCUT2D eigenvalue weighted by atomic mass is 16.5. The van der Waals surface area contributed by atoms with Gasteiger partial charge < -0.3 is 14.7 Å². The summed E-state index contributed by atoms with van der Waals surface area (Å²) in [6, 6.07) is 23.0. The molecule has 1 heterocycles. The number of piperidine rings is 1. The number of benzene rings is 3. The van der Waals surface area contributed by atoms with E-state index in [0.29, 0.717) is 24.2 Å². The van der Waals surface area contributed by atoms with E-state index in [9.17, 15) is 19.5 Å². The zero-order chi connectivity index (χ0) is 24.2. The zero-order valence-electron chi connectivity index (χ0n) is 18.9. The molecular weight excluding hydrogens is 444 g/mol. The number of carbonyl (C=O) groups is 3. The monoisotopic (exact) mass is 468 g/mol. The van der Waals surface area contributed by atoms with E-state index in [4.69, 9.17) is 4.74 Å². The lowest BCUT2D eigenvalue weighted by Gasteiger charge is -2.21. The molecule has 2 amide bonds. The maximum atomic E-state index is 13.2. The molecule has 176 valence electrons. The molecule has 35 heavy (non-hydrogen) atoms. The number of hydrogen-bond acceptors (Lipinski definition) is 4. The Hall–Kier alpha value is -4.13. The molecule has 3 aromatic carbocycles. The van der Waals surface area contributed by atoms with Crippen LogP contribution in [0.2, 0.25) is 0 Å². The average molecular weight is 469 g/mol. The summed E-state index contributed by atoms with van der Waals surface area (Å²) in [6.07, 6.45) is -0.0236. The second kappa shape index (κ2) is 7.98. The van der Waals surface area contributed by atoms with Gasteiger partial charge in [-0.25, -0.2) is 4.79 Å². The van der Waals surface area contributed by atoms with Crippen LogP contribution < -0.4 is 5.32 Å². The topological polar surface area (TPSA) is 95.9 Å². The maximum absolute atomic E-state index is 13.2. The highest BCUT2D eigenvalue weighted by Crippen LogP contribution is 2.58. The predicted molar refractivity (Wildman–Crippen MR) is 129 cm³/mol. The van der Waals surface area contributed by atoms with Crippen molar-refractivity contribution in [3.8, 4) is 11.1 Å². The Morgan fingerprint density at radius 1 is 0.943 bits per heavy atom. The summed E-state index contributed by atoms with van der Waals surface area (Å²) < 4.78 is 5.62. The number of fused-ring (bicyclic) bond motifs is 4. The number of nitrogens with zero attached hydrogens (tertiary/aromatic N) is 1. The van der Waals surface area contributed by atoms with E-state index in [1.165, 1.54) is 0 Å². The van der Waals surface area contributed by atoms with Crippen LogP contribution in [0, 0.1) is 11.3 Å². The third-order valence-corrected chi connectivity index (χ3v) is 7.60. The standard InChI is InChI=1S/C28H24N2O5/c31-25(30-14-17-13-28(17,16-30)26(32)33)22-11-5-6-12-24(22)29-27(34)35-15-23-20-9-3-1-7-18(20)19-8-2-4-10-21(19)23/h1-12,17,23H,13-16H2,(H,29,34)(H,32,33). The number of nitrogens with one attached hydrogen (secondary N) is 1. The zero-order valence-corrected chi connectivity index (χ0v) is 18.9. The predicted octanol–water partition coefficient (Wildman–Crippen LogP) is 4.59. The lowest BCUT2D eigenvalue weighted by molar-refractivity contribution is -0.143. The third-order valence-electron chi connectivity index (χ3n) is 7.60. The van der Waals surface area contributed by atoms with Crippen LogP contribution in [0.4, 0.5) is 10.5 Å². The first-order valence-corrected chi connectivity index (χ1v) is 11.7. The lowest BCUT2D eigenvalue weighted by Crippen LogP contribution is -2.34. The quantitative estimate of drug-likeness (QED) is 0.571. The van der Waals surface area contributed by atoms with E-state index in [2.05, 4.69) is 29.6 Å². The van der Waals surface area contributed by atoms with E-state index in [1.807, 2.05) is 24.3 Å². The molecule has 3 aromatic rings. The summed E-state index contributed by atoms with van der Waals surface area (Å²) in [5.74, 6) is -1.19. The second-order valence-corrected chi connectivity index (χ2v) is 9.54. The van der Waals surface area contributed by atoms with Crippen molar-refractivity contribution in [2.45, 2.75) is 12.3 Å². The first-order valence-electron chi connectivity index (χ1n) is 11.7. The highest BCUT2D eigenvalue weighted by Gasteiger charge is 2.66. The van der Waals surface area contributed by atoms with Crippen LogP contribution in [0.1, 0.15) is 33.8 Å². The third kappa shape index (κ3) is 3.46. The molecule has 7 heteroatoms. The van der Waals surface area contributed by atoms with E-state index in [0.717, 1.165) is 22.3 Å². The Morgan fingerprint density at radius 2 is 1.57 bits per heavy atom. The Bertz CT molecular complexity index is 1320. The summed E-state index contributed by atoms with van der Waals surface area (Å²) in [5, 5.41) is 12.2. The van der Waals surface area contributed by atoms with Gasteiger partial charge in [-0.1, -0.05) is 60.7 Å². The Labute approximate surface area is 202 Å². The molecule has 2 atom stereocenters. The molecule has 7 nitrogen and oxygen atoms in total. The molecule has 1 saturated carbocycles. The molecule has 2 aliphatic carbocycles. The summed E-state index contributed by atoms with van der Waals surface area (Å²) in [7, 11) is 0. The number of carbonyl (C=O) groups excluding carboxylic acids is 2. The van der Waals surface area contributed by atoms with E-state index in [-0.39, 0.29) is 30.9 Å². The molecule has 0 bridgehead atoms. The van der Waals surface area contributed by atoms with Gasteiger partial charge in [0.05, 0.1) is 16.7 Å². The van der Waals surface area contributed by atoms with Crippen LogP contribution >= 0.6 is 0 Å². The fourth-order valence-corrected chi connectivity index (χ4v) is 5.66. The first kappa shape index (κ1) is 21.4. The smallest absolute Gasteiger partial charge is 0.411 e. The fourth-order valence-electron chi connectivity index (χ4n) is 5.66. The normalized spacial score (nSPS) is 21.6. The summed E-state index contributed by atoms with van der Waals surface area (Å²) in [4.78, 5) is 39.1. The number of aliphatic carboxylic acids is 1. The SMILES string of the molecule is O=C(Nc1ccccc1C(=O)N1CC2CC2(C(=O)O)C1)OCC1c2ccccc2-c2ccccc21. The van der Waals surface area contributed by atoms with Crippen LogP contribution in [0.25, 0.3) is 11.1 Å². The number of carboxylic acid groups (broad SMARTS) is 1. The number of likely N-dealkylation sites (tertiary alicyclic amines) is 1. The fraction of sp³-hybridized carbons (Fsp3) is 0.250. The van der Waals surface area contributed by atoms with Crippen molar-refractivity contribution in [1.29, 1.82) is 0 Å². The van der Waals surface area contributed by atoms with E-state index in [1.54, 1.807) is 29.2 Å². The molecule has 1 saturated heterocycles. The number of amides is 2. The van der Waals surface area contributed by atoms with Gasteiger partial charge in [-0.2, -0.15) is 0 Å². The first-order chi connectivity index (χ1) is 17.0. The van der Waals surface area contributed by atoms with Crippen molar-refractivity contribution in [3.05, 3.63) is 89.5 Å². The highest BCUT2D eigenvalue weighted by molar-refractivity contribution is 6.03. The summed E-state index contributed by atoms with van der Waals surface area (Å²) in [5.41, 5.74) is 4.41. The van der Waals surface area contributed by atoms with Gasteiger partial charge in [0, 0.05) is 19.0 Å². The molecule has 2 N–H and O–H groups in total. The molecule has 2 unspecified atom stereocenters. The van der Waals surface area contributed by atoms with Gasteiger partial charge in [-0.15, -0.1) is 0 Å². The van der Waals surface area contributed by atoms with Gasteiger partial charge in [0.15, 0.2) is 0 Å². The van der Waals surface area contributed by atoms with Crippen molar-refractivity contribution in [3.63, 3.8) is 0 Å². The number of ether oxygens (including phenoxy) is 1. The Kier molecular flexibility index (Phi) is 4.88.